The Labute approximate surface area is 380 Å². The van der Waals surface area contributed by atoms with Crippen molar-refractivity contribution in [3.63, 3.8) is 0 Å². The number of anilines is 2. The molecule has 5 heterocycles. The summed E-state index contributed by atoms with van der Waals surface area (Å²) in [6, 6.07) is 9.33. The SMILES string of the molecule is O=C(Nc1ccc(S(=O)(=O)C(F)(F)F)cc1)N1CCC(F)(c2ncc([C@H](O)CO)cc2Cl)CC1.O=C(Nc1nc2ccc(F)cc2s1)N1CCC(F)(c2ncc([C@H](O)CO)cc2Cl)CC1. The van der Waals surface area contributed by atoms with Gasteiger partial charge in [-0.05, 0) is 54.6 Å². The van der Waals surface area contributed by atoms with Crippen molar-refractivity contribution < 1.29 is 64.8 Å². The zero-order chi connectivity index (χ0) is 47.5. The highest BCUT2D eigenvalue weighted by molar-refractivity contribution is 7.92. The van der Waals surface area contributed by atoms with Crippen LogP contribution in [0.3, 0.4) is 0 Å². The molecule has 350 valence electrons. The quantitative estimate of drug-likeness (QED) is 0.0793. The number of aliphatic hydroxyl groups is 4. The maximum Gasteiger partial charge on any atom is 0.501 e. The van der Waals surface area contributed by atoms with Crippen LogP contribution in [0.4, 0.5) is 46.8 Å². The van der Waals surface area contributed by atoms with E-state index in [4.69, 9.17) is 33.4 Å². The van der Waals surface area contributed by atoms with Crippen LogP contribution in [0.25, 0.3) is 10.2 Å². The lowest BCUT2D eigenvalue weighted by Gasteiger charge is -2.36. The second-order valence-electron chi connectivity index (χ2n) is 15.0. The Bertz CT molecular complexity index is 2630. The van der Waals surface area contributed by atoms with Crippen LogP contribution in [0.15, 0.2) is 71.9 Å². The molecular formula is C40H39Cl2F6N7O8S2. The van der Waals surface area contributed by atoms with Crippen molar-refractivity contribution >= 4 is 77.5 Å². The van der Waals surface area contributed by atoms with Gasteiger partial charge < -0.3 is 35.5 Å². The van der Waals surface area contributed by atoms with Gasteiger partial charge in [-0.3, -0.25) is 15.3 Å². The van der Waals surface area contributed by atoms with Crippen molar-refractivity contribution in [2.24, 2.45) is 0 Å². The normalized spacial score (nSPS) is 17.2. The topological polar surface area (TPSA) is 218 Å². The number of alkyl halides is 5. The average molecular weight is 995 g/mol. The standard InChI is InChI=1S/C20H20ClF4N3O5S.C20H19ClF2N4O3S/c21-15-9-12(16(30)11-29)10-26-17(15)19(22)5-7-28(8-6-19)18(31)27-13-1-3-14(4-2-13)34(32,33)20(23,24)25;21-13-7-11(15(29)10-28)9-24-17(13)20(23)3-5-27(6-4-20)19(30)26-18-25-14-2-1-12(22)8-16(14)31-18/h1-4,9-10,16,29-30H,5-8,11H2,(H,27,31);1-2,7-9,15,28-29H,3-6,10H2,(H,25,26,30)/t16-;15-/m11/s1. The number of hydrogen-bond acceptors (Lipinski definition) is 12. The molecule has 4 amide bonds. The molecule has 0 saturated carbocycles. The van der Waals surface area contributed by atoms with Gasteiger partial charge in [-0.2, -0.15) is 13.2 Å². The van der Waals surface area contributed by atoms with Crippen LogP contribution >= 0.6 is 34.5 Å². The number of aliphatic hydroxyl groups excluding tert-OH is 4. The molecular weight excluding hydrogens is 956 g/mol. The first kappa shape index (κ1) is 49.6. The van der Waals surface area contributed by atoms with E-state index in [0.29, 0.717) is 20.9 Å². The summed E-state index contributed by atoms with van der Waals surface area (Å²) in [5.41, 5.74) is -8.03. The highest BCUT2D eigenvalue weighted by Gasteiger charge is 2.47. The number of benzene rings is 2. The largest absolute Gasteiger partial charge is 0.501 e. The number of urea groups is 2. The Morgan fingerprint density at radius 1 is 0.769 bits per heavy atom. The van der Waals surface area contributed by atoms with Crippen molar-refractivity contribution in [3.8, 4) is 0 Å². The fourth-order valence-electron chi connectivity index (χ4n) is 6.92. The third-order valence-electron chi connectivity index (χ3n) is 10.7. The van der Waals surface area contributed by atoms with E-state index in [2.05, 4.69) is 25.6 Å². The number of pyridine rings is 2. The maximum absolute atomic E-state index is 15.6. The molecule has 2 saturated heterocycles. The zero-order valence-electron chi connectivity index (χ0n) is 33.6. The molecule has 7 rings (SSSR count). The Kier molecular flexibility index (Phi) is 15.2. The van der Waals surface area contributed by atoms with E-state index in [-0.39, 0.29) is 90.4 Å². The van der Waals surface area contributed by atoms with E-state index in [1.165, 1.54) is 52.5 Å². The monoisotopic (exact) mass is 993 g/mol. The molecule has 25 heteroatoms. The lowest BCUT2D eigenvalue weighted by atomic mass is 9.89. The minimum absolute atomic E-state index is 0.0000953. The van der Waals surface area contributed by atoms with Gasteiger partial charge in [0.15, 0.2) is 16.5 Å². The summed E-state index contributed by atoms with van der Waals surface area (Å²) in [6.45, 7) is -0.819. The van der Waals surface area contributed by atoms with Gasteiger partial charge in [0, 0.05) is 81.1 Å². The van der Waals surface area contributed by atoms with Crippen molar-refractivity contribution in [1.29, 1.82) is 0 Å². The number of halogens is 8. The number of piperidine rings is 2. The second kappa shape index (κ2) is 19.9. The van der Waals surface area contributed by atoms with Gasteiger partial charge in [0.05, 0.1) is 49.8 Å². The summed E-state index contributed by atoms with van der Waals surface area (Å²) in [4.78, 5) is 39.2. The van der Waals surface area contributed by atoms with Gasteiger partial charge in [-0.25, -0.2) is 36.2 Å². The van der Waals surface area contributed by atoms with Crippen molar-refractivity contribution in [2.75, 3.05) is 50.0 Å². The van der Waals surface area contributed by atoms with Gasteiger partial charge >= 0.3 is 17.6 Å². The molecule has 0 unspecified atom stereocenters. The van der Waals surface area contributed by atoms with Crippen LogP contribution in [0, 0.1) is 5.82 Å². The molecule has 5 aromatic rings. The van der Waals surface area contributed by atoms with E-state index < -0.39 is 69.1 Å². The van der Waals surface area contributed by atoms with Crippen LogP contribution in [0.2, 0.25) is 10.0 Å². The number of fused-ring (bicyclic) bond motifs is 1. The number of sulfone groups is 1. The number of rotatable bonds is 9. The minimum atomic E-state index is -5.50. The number of carbonyl (C=O) groups is 2. The number of amides is 4. The first-order valence-electron chi connectivity index (χ1n) is 19.4. The summed E-state index contributed by atoms with van der Waals surface area (Å²) < 4.78 is 106. The summed E-state index contributed by atoms with van der Waals surface area (Å²) in [5, 5.41) is 42.9. The molecule has 2 atom stereocenters. The molecule has 2 fully saturated rings. The van der Waals surface area contributed by atoms with Crippen molar-refractivity contribution in [2.45, 2.75) is 59.6 Å². The van der Waals surface area contributed by atoms with E-state index in [0.717, 1.165) is 35.6 Å². The Balaban J connectivity index is 0.000000216. The predicted octanol–water partition coefficient (Wildman–Crippen LogP) is 7.55. The molecule has 2 aliphatic rings. The van der Waals surface area contributed by atoms with E-state index in [1.807, 2.05) is 0 Å². The van der Waals surface area contributed by atoms with E-state index in [9.17, 15) is 45.8 Å². The molecule has 2 aliphatic heterocycles. The summed E-state index contributed by atoms with van der Waals surface area (Å²) in [5.74, 6) is -0.379. The van der Waals surface area contributed by atoms with Crippen molar-refractivity contribution in [1.82, 2.24) is 24.8 Å². The molecule has 0 spiro atoms. The van der Waals surface area contributed by atoms with E-state index in [1.54, 1.807) is 0 Å². The van der Waals surface area contributed by atoms with Gasteiger partial charge in [0.1, 0.15) is 18.0 Å². The smallest absolute Gasteiger partial charge is 0.393 e. The number of hydrogen-bond donors (Lipinski definition) is 6. The van der Waals surface area contributed by atoms with Gasteiger partial charge in [-0.1, -0.05) is 34.5 Å². The summed E-state index contributed by atoms with van der Waals surface area (Å²) in [7, 11) is -5.50. The molecule has 0 bridgehead atoms. The fraction of sp³-hybridized carbons (Fsp3) is 0.375. The molecule has 65 heavy (non-hydrogen) atoms. The maximum atomic E-state index is 15.6. The molecule has 2 aromatic carbocycles. The zero-order valence-corrected chi connectivity index (χ0v) is 36.7. The number of carbonyl (C=O) groups excluding carboxylic acids is 2. The Morgan fingerprint density at radius 2 is 1.23 bits per heavy atom. The number of aromatic nitrogens is 3. The third kappa shape index (κ3) is 11.2. The molecule has 3 aromatic heterocycles. The lowest BCUT2D eigenvalue weighted by molar-refractivity contribution is -0.0436. The minimum Gasteiger partial charge on any atom is -0.393 e. The second-order valence-corrected chi connectivity index (χ2v) is 18.8. The Morgan fingerprint density at radius 3 is 1.66 bits per heavy atom. The third-order valence-corrected chi connectivity index (χ3v) is 13.7. The van der Waals surface area contributed by atoms with E-state index >= 15 is 8.78 Å². The number of thiazole rings is 1. The summed E-state index contributed by atoms with van der Waals surface area (Å²) >= 11 is 13.5. The molecule has 0 radical (unpaired) electrons. The average Bonchev–Trinajstić information content (AvgIpc) is 3.67. The van der Waals surface area contributed by atoms with Crippen LogP contribution in [-0.4, -0.2) is 111 Å². The van der Waals surface area contributed by atoms with Crippen molar-refractivity contribution in [3.05, 3.63) is 105 Å². The van der Waals surface area contributed by atoms with Gasteiger partial charge in [0.2, 0.25) is 0 Å². The number of nitrogens with one attached hydrogen (secondary N) is 2. The first-order chi connectivity index (χ1) is 30.6. The molecule has 15 nitrogen and oxygen atoms in total. The van der Waals surface area contributed by atoms with Crippen LogP contribution in [0.1, 0.15) is 60.4 Å². The van der Waals surface area contributed by atoms with Gasteiger partial charge in [0.25, 0.3) is 9.84 Å². The van der Waals surface area contributed by atoms with Crippen LogP contribution in [0.5, 0.6) is 0 Å². The highest BCUT2D eigenvalue weighted by Crippen LogP contribution is 2.42. The van der Waals surface area contributed by atoms with Crippen LogP contribution in [-0.2, 0) is 21.2 Å². The van der Waals surface area contributed by atoms with Gasteiger partial charge in [-0.15, -0.1) is 0 Å². The first-order valence-corrected chi connectivity index (χ1v) is 22.5. The lowest BCUT2D eigenvalue weighted by Crippen LogP contribution is -2.45. The summed E-state index contributed by atoms with van der Waals surface area (Å²) in [6.07, 6.45) is -0.124. The Hall–Kier alpha value is -4.88. The predicted molar refractivity (Wildman–Crippen MR) is 227 cm³/mol. The van der Waals surface area contributed by atoms with Crippen LogP contribution < -0.4 is 10.6 Å². The fourth-order valence-corrected chi connectivity index (χ4v) is 9.25. The molecule has 6 N–H and O–H groups in total. The number of nitrogens with zero attached hydrogens (tertiary/aromatic N) is 5. The number of likely N-dealkylation sites (tertiary alicyclic amines) is 2. The highest BCUT2D eigenvalue weighted by atomic mass is 35.5. The molecule has 0 aliphatic carbocycles.